The zero-order chi connectivity index (χ0) is 34.1. The molecule has 4 aromatic carbocycles. The van der Waals surface area contributed by atoms with Crippen molar-refractivity contribution in [2.75, 3.05) is 0 Å². The van der Waals surface area contributed by atoms with E-state index in [9.17, 15) is 0 Å². The van der Waals surface area contributed by atoms with Crippen molar-refractivity contribution in [2.24, 2.45) is 4.99 Å². The molecule has 4 heteroatoms. The Hall–Kier alpha value is -6.26. The van der Waals surface area contributed by atoms with E-state index in [2.05, 4.69) is 164 Å². The lowest BCUT2D eigenvalue weighted by molar-refractivity contribution is 0.992. The molecule has 4 nitrogen and oxygen atoms in total. The van der Waals surface area contributed by atoms with Gasteiger partial charge in [-0.05, 0) is 66.3 Å². The summed E-state index contributed by atoms with van der Waals surface area (Å²) >= 11 is 0. The summed E-state index contributed by atoms with van der Waals surface area (Å²) in [4.78, 5) is 19.8. The average Bonchev–Trinajstić information content (AvgIpc) is 3.19. The molecule has 3 heterocycles. The lowest BCUT2D eigenvalue weighted by Gasteiger charge is -2.12. The first-order valence-electron chi connectivity index (χ1n) is 17.1. The molecule has 0 spiro atoms. The number of rotatable bonds is 7. The van der Waals surface area contributed by atoms with E-state index in [0.717, 1.165) is 57.0 Å². The molecule has 2 aromatic heterocycles. The summed E-state index contributed by atoms with van der Waals surface area (Å²) in [5.74, 6) is 0.675. The van der Waals surface area contributed by atoms with Crippen molar-refractivity contribution in [3.63, 3.8) is 0 Å². The van der Waals surface area contributed by atoms with Gasteiger partial charge in [-0.25, -0.2) is 9.97 Å². The summed E-state index contributed by atoms with van der Waals surface area (Å²) in [5.41, 5.74) is 13.5. The molecule has 242 valence electrons. The number of aromatic nitrogens is 3. The van der Waals surface area contributed by atoms with E-state index < -0.39 is 0 Å². The molecule has 0 radical (unpaired) electrons. The predicted molar refractivity (Wildman–Crippen MR) is 210 cm³/mol. The Labute approximate surface area is 294 Å². The van der Waals surface area contributed by atoms with Gasteiger partial charge in [-0.3, -0.25) is 9.98 Å². The molecule has 50 heavy (non-hydrogen) atoms. The molecule has 7 rings (SSSR count). The number of benzene rings is 4. The molecule has 0 unspecified atom stereocenters. The van der Waals surface area contributed by atoms with Crippen LogP contribution in [0.3, 0.4) is 0 Å². The molecule has 1 aliphatic heterocycles. The molecule has 1 aliphatic rings. The predicted octanol–water partition coefficient (Wildman–Crippen LogP) is 11.7. The van der Waals surface area contributed by atoms with Crippen molar-refractivity contribution in [1.29, 1.82) is 0 Å². The minimum absolute atomic E-state index is 0.540. The third-order valence-electron chi connectivity index (χ3n) is 8.77. The van der Waals surface area contributed by atoms with Crippen molar-refractivity contribution in [2.45, 2.75) is 26.8 Å². The maximum Gasteiger partial charge on any atom is 0.160 e. The van der Waals surface area contributed by atoms with Crippen molar-refractivity contribution >= 4 is 17.9 Å². The highest BCUT2D eigenvalue weighted by molar-refractivity contribution is 5.78. The molecular formula is C46H38N4. The van der Waals surface area contributed by atoms with E-state index in [-0.39, 0.29) is 0 Å². The molecule has 0 N–H and O–H groups in total. The maximum atomic E-state index is 5.11. The third-order valence-corrected chi connectivity index (χ3v) is 8.77. The van der Waals surface area contributed by atoms with Crippen molar-refractivity contribution in [1.82, 2.24) is 15.0 Å². The summed E-state index contributed by atoms with van der Waals surface area (Å²) < 4.78 is 0. The van der Waals surface area contributed by atoms with Gasteiger partial charge in [-0.1, -0.05) is 146 Å². The topological polar surface area (TPSA) is 51.0 Å². The highest BCUT2D eigenvalue weighted by Crippen LogP contribution is 2.31. The van der Waals surface area contributed by atoms with Gasteiger partial charge in [0.15, 0.2) is 5.82 Å². The molecule has 0 amide bonds. The zero-order valence-electron chi connectivity index (χ0n) is 28.4. The van der Waals surface area contributed by atoms with E-state index in [1.807, 2.05) is 25.3 Å². The Kier molecular flexibility index (Phi) is 9.89. The van der Waals surface area contributed by atoms with Gasteiger partial charge in [0.1, 0.15) is 0 Å². The van der Waals surface area contributed by atoms with Gasteiger partial charge in [-0.15, -0.1) is 0 Å². The van der Waals surface area contributed by atoms with E-state index in [4.69, 9.17) is 15.0 Å². The monoisotopic (exact) mass is 646 g/mol. The average molecular weight is 647 g/mol. The van der Waals surface area contributed by atoms with Crippen LogP contribution in [0.4, 0.5) is 0 Å². The van der Waals surface area contributed by atoms with Gasteiger partial charge in [0.05, 0.1) is 29.3 Å². The normalized spacial score (nSPS) is 13.7. The number of allylic oxidation sites excluding steroid dienone is 7. The Balaban J connectivity index is 1.25. The molecule has 0 bridgehead atoms. The molecule has 0 atom stereocenters. The summed E-state index contributed by atoms with van der Waals surface area (Å²) in [6, 6.07) is 42.3. The first-order valence-corrected chi connectivity index (χ1v) is 17.1. The van der Waals surface area contributed by atoms with Gasteiger partial charge in [0, 0.05) is 28.5 Å². The maximum absolute atomic E-state index is 5.11. The summed E-state index contributed by atoms with van der Waals surface area (Å²) in [5, 5.41) is 0. The van der Waals surface area contributed by atoms with Crippen molar-refractivity contribution in [3.8, 4) is 56.3 Å². The number of nitrogens with zero attached hydrogens (tertiary/aromatic N) is 4. The van der Waals surface area contributed by atoms with Crippen LogP contribution < -0.4 is 0 Å². The quantitative estimate of drug-likeness (QED) is 0.162. The van der Waals surface area contributed by atoms with Crippen LogP contribution in [0, 0.1) is 0 Å². The van der Waals surface area contributed by atoms with Crippen molar-refractivity contribution < 1.29 is 0 Å². The summed E-state index contributed by atoms with van der Waals surface area (Å²) in [6.07, 6.45) is 17.4. The molecule has 0 fully saturated rings. The Morgan fingerprint density at radius 3 is 1.88 bits per heavy atom. The lowest BCUT2D eigenvalue weighted by atomic mass is 10.00. The fourth-order valence-electron chi connectivity index (χ4n) is 6.06. The van der Waals surface area contributed by atoms with Crippen molar-refractivity contribution in [3.05, 3.63) is 175 Å². The molecule has 0 saturated heterocycles. The first kappa shape index (κ1) is 32.3. The Morgan fingerprint density at radius 1 is 0.580 bits per heavy atom. The summed E-state index contributed by atoms with van der Waals surface area (Å²) in [6.45, 7) is 4.65. The second kappa shape index (κ2) is 15.3. The van der Waals surface area contributed by atoms with E-state index >= 15 is 0 Å². The fraction of sp³-hybridized carbons (Fsp3) is 0.0870. The second-order valence-electron chi connectivity index (χ2n) is 12.1. The first-order chi connectivity index (χ1) is 24.7. The minimum atomic E-state index is 0.540. The number of hydrogen-bond donors (Lipinski definition) is 0. The SMILES string of the molecule is C/C=C\C(=C/C)c1ccc(-c2cc(-c3ccc(-c4ccccc4)cc3)nc(-c3ccc(-c4ccc5c(n4)CN=C/C=C\CC=C5)cc3)n2)cc1. The van der Waals surface area contributed by atoms with Crippen LogP contribution in [0.5, 0.6) is 0 Å². The Bertz CT molecular complexity index is 2240. The molecule has 6 aromatic rings. The van der Waals surface area contributed by atoms with Crippen LogP contribution in [-0.4, -0.2) is 21.2 Å². The van der Waals surface area contributed by atoms with Crippen LogP contribution in [0.15, 0.2) is 163 Å². The number of pyridine rings is 1. The van der Waals surface area contributed by atoms with Crippen LogP contribution in [0.2, 0.25) is 0 Å². The highest BCUT2D eigenvalue weighted by Gasteiger charge is 2.13. The van der Waals surface area contributed by atoms with Crippen LogP contribution in [0.1, 0.15) is 37.1 Å². The fourth-order valence-corrected chi connectivity index (χ4v) is 6.06. The molecular weight excluding hydrogens is 609 g/mol. The van der Waals surface area contributed by atoms with Crippen LogP contribution in [0.25, 0.3) is 67.9 Å². The number of aliphatic imine (C=N–C) groups is 1. The van der Waals surface area contributed by atoms with Crippen LogP contribution in [-0.2, 0) is 6.54 Å². The van der Waals surface area contributed by atoms with Gasteiger partial charge < -0.3 is 0 Å². The smallest absolute Gasteiger partial charge is 0.160 e. The zero-order valence-corrected chi connectivity index (χ0v) is 28.4. The molecule has 0 saturated carbocycles. The summed E-state index contributed by atoms with van der Waals surface area (Å²) in [7, 11) is 0. The second-order valence-corrected chi connectivity index (χ2v) is 12.1. The van der Waals surface area contributed by atoms with E-state index in [0.29, 0.717) is 12.4 Å². The third kappa shape index (κ3) is 7.40. The largest absolute Gasteiger partial charge is 0.287 e. The Morgan fingerprint density at radius 2 is 1.20 bits per heavy atom. The molecule has 0 aliphatic carbocycles. The minimum Gasteiger partial charge on any atom is -0.287 e. The number of hydrogen-bond acceptors (Lipinski definition) is 4. The van der Waals surface area contributed by atoms with Gasteiger partial charge in [0.25, 0.3) is 0 Å². The lowest BCUT2D eigenvalue weighted by Crippen LogP contribution is -1.97. The van der Waals surface area contributed by atoms with Gasteiger partial charge in [0.2, 0.25) is 0 Å². The highest BCUT2D eigenvalue weighted by atomic mass is 14.9. The van der Waals surface area contributed by atoms with Crippen LogP contribution >= 0.6 is 0 Å². The van der Waals surface area contributed by atoms with E-state index in [1.54, 1.807) is 0 Å². The van der Waals surface area contributed by atoms with E-state index in [1.165, 1.54) is 22.3 Å². The van der Waals surface area contributed by atoms with Gasteiger partial charge in [-0.2, -0.15) is 0 Å². The standard InChI is InChI=1S/C46H38N4/c1-3-12-33(4-2)35-16-20-39(21-17-35)43-31-44(40-22-18-36(19-23-40)34-13-9-7-10-14-34)50-46(49-43)41-26-24-38(25-27-41)42-29-28-37-15-8-5-6-11-30-47-32-45(37)48-42/h3-4,6-31H,5,32H2,1-2H3/b11-6-,12-3-,15-8?,33-4+,47-30?. The number of fused-ring (bicyclic) bond motifs is 1. The van der Waals surface area contributed by atoms with Gasteiger partial charge >= 0.3 is 0 Å².